The van der Waals surface area contributed by atoms with E-state index in [2.05, 4.69) is 57.2 Å². The van der Waals surface area contributed by atoms with Crippen LogP contribution in [-0.2, 0) is 0 Å². The number of hydrogen-bond acceptors (Lipinski definition) is 3. The molecule has 22 heavy (non-hydrogen) atoms. The quantitative estimate of drug-likeness (QED) is 0.701. The van der Waals surface area contributed by atoms with Crippen LogP contribution in [0.25, 0.3) is 5.70 Å². The van der Waals surface area contributed by atoms with Crippen LogP contribution in [0.4, 0.5) is 17.1 Å². The molecule has 1 heterocycles. The first-order chi connectivity index (χ1) is 10.6. The van der Waals surface area contributed by atoms with E-state index in [9.17, 15) is 0 Å². The van der Waals surface area contributed by atoms with E-state index in [-0.39, 0.29) is 0 Å². The zero-order valence-corrected chi connectivity index (χ0v) is 13.8. The standard InChI is InChI=1S/C18H18BrN3/c1-12-10-11-20-18-16(4-3-5-17(18)21-12)13(2)22-15-8-6-14(19)7-9-15/h3-9,20-22H,1-2,10-11H2. The van der Waals surface area contributed by atoms with Crippen molar-refractivity contribution in [2.45, 2.75) is 6.42 Å². The molecule has 2 aromatic carbocycles. The number of fused-ring (bicyclic) bond motifs is 1. The number of rotatable bonds is 3. The predicted molar refractivity (Wildman–Crippen MR) is 99.1 cm³/mol. The number of para-hydroxylation sites is 1. The van der Waals surface area contributed by atoms with Gasteiger partial charge in [-0.3, -0.25) is 0 Å². The molecule has 3 N–H and O–H groups in total. The van der Waals surface area contributed by atoms with Gasteiger partial charge in [-0.05, 0) is 30.3 Å². The van der Waals surface area contributed by atoms with E-state index < -0.39 is 0 Å². The first-order valence-corrected chi connectivity index (χ1v) is 7.96. The first kappa shape index (κ1) is 14.7. The molecular weight excluding hydrogens is 338 g/mol. The zero-order chi connectivity index (χ0) is 15.5. The maximum Gasteiger partial charge on any atom is 0.0673 e. The van der Waals surface area contributed by atoms with Gasteiger partial charge in [-0.15, -0.1) is 0 Å². The van der Waals surface area contributed by atoms with E-state index in [0.29, 0.717) is 0 Å². The van der Waals surface area contributed by atoms with Gasteiger partial charge in [-0.1, -0.05) is 41.2 Å². The summed E-state index contributed by atoms with van der Waals surface area (Å²) in [5, 5.41) is 10.2. The monoisotopic (exact) mass is 355 g/mol. The summed E-state index contributed by atoms with van der Waals surface area (Å²) in [7, 11) is 0. The normalized spacial score (nSPS) is 13.4. The minimum atomic E-state index is 0.862. The van der Waals surface area contributed by atoms with Crippen molar-refractivity contribution in [2.75, 3.05) is 22.5 Å². The highest BCUT2D eigenvalue weighted by Crippen LogP contribution is 2.34. The van der Waals surface area contributed by atoms with Gasteiger partial charge in [0.15, 0.2) is 0 Å². The molecule has 1 aliphatic heterocycles. The van der Waals surface area contributed by atoms with Crippen molar-refractivity contribution < 1.29 is 0 Å². The summed E-state index contributed by atoms with van der Waals surface area (Å²) in [6.45, 7) is 9.08. The lowest BCUT2D eigenvalue weighted by Gasteiger charge is -2.17. The molecule has 0 amide bonds. The van der Waals surface area contributed by atoms with Gasteiger partial charge in [-0.25, -0.2) is 0 Å². The molecular formula is C18H18BrN3. The summed E-state index contributed by atoms with van der Waals surface area (Å²) in [5.74, 6) is 0. The third-order valence-corrected chi connectivity index (χ3v) is 4.10. The van der Waals surface area contributed by atoms with E-state index in [1.807, 2.05) is 30.3 Å². The van der Waals surface area contributed by atoms with Crippen LogP contribution in [-0.4, -0.2) is 6.54 Å². The van der Waals surface area contributed by atoms with Crippen LogP contribution in [0.15, 0.2) is 65.8 Å². The topological polar surface area (TPSA) is 36.1 Å². The molecule has 112 valence electrons. The SMILES string of the molecule is C=C1CCNc2c(cccc2C(=C)Nc2ccc(Br)cc2)N1. The van der Waals surface area contributed by atoms with Crippen molar-refractivity contribution in [3.8, 4) is 0 Å². The van der Waals surface area contributed by atoms with E-state index in [1.165, 1.54) is 0 Å². The molecule has 0 saturated heterocycles. The molecule has 3 rings (SSSR count). The summed E-state index contributed by atoms with van der Waals surface area (Å²) in [4.78, 5) is 0. The second-order valence-electron chi connectivity index (χ2n) is 5.24. The second-order valence-corrected chi connectivity index (χ2v) is 6.16. The Labute approximate surface area is 139 Å². The maximum absolute atomic E-state index is 4.19. The smallest absolute Gasteiger partial charge is 0.0673 e. The van der Waals surface area contributed by atoms with Crippen molar-refractivity contribution >= 4 is 38.7 Å². The predicted octanol–water partition coefficient (Wildman–Crippen LogP) is 5.27. The minimum absolute atomic E-state index is 0.862. The Morgan fingerprint density at radius 1 is 1.14 bits per heavy atom. The number of benzene rings is 2. The summed E-state index contributed by atoms with van der Waals surface area (Å²) < 4.78 is 1.06. The lowest BCUT2D eigenvalue weighted by molar-refractivity contribution is 1.03. The second kappa shape index (κ2) is 6.28. The van der Waals surface area contributed by atoms with Crippen molar-refractivity contribution in [1.29, 1.82) is 0 Å². The van der Waals surface area contributed by atoms with Gasteiger partial charge < -0.3 is 16.0 Å². The molecule has 0 unspecified atom stereocenters. The highest BCUT2D eigenvalue weighted by atomic mass is 79.9. The highest BCUT2D eigenvalue weighted by Gasteiger charge is 2.14. The van der Waals surface area contributed by atoms with Gasteiger partial charge in [0.1, 0.15) is 0 Å². The van der Waals surface area contributed by atoms with Crippen molar-refractivity contribution in [1.82, 2.24) is 0 Å². The van der Waals surface area contributed by atoms with Gasteiger partial charge in [-0.2, -0.15) is 0 Å². The maximum atomic E-state index is 4.19. The van der Waals surface area contributed by atoms with Crippen LogP contribution in [0.1, 0.15) is 12.0 Å². The molecule has 0 saturated carbocycles. The summed E-state index contributed by atoms with van der Waals surface area (Å²) in [5.41, 5.74) is 6.06. The summed E-state index contributed by atoms with van der Waals surface area (Å²) in [6, 6.07) is 14.2. The number of halogens is 1. The third kappa shape index (κ3) is 3.17. The molecule has 0 radical (unpaired) electrons. The largest absolute Gasteiger partial charge is 0.382 e. The van der Waals surface area contributed by atoms with Crippen LogP contribution in [0.5, 0.6) is 0 Å². The Morgan fingerprint density at radius 2 is 1.91 bits per heavy atom. The highest BCUT2D eigenvalue weighted by molar-refractivity contribution is 9.10. The summed E-state index contributed by atoms with van der Waals surface area (Å²) >= 11 is 3.44. The number of hydrogen-bond donors (Lipinski definition) is 3. The Kier molecular flexibility index (Phi) is 4.20. The van der Waals surface area contributed by atoms with Crippen molar-refractivity contribution in [2.24, 2.45) is 0 Å². The van der Waals surface area contributed by atoms with Gasteiger partial charge in [0.2, 0.25) is 0 Å². The molecule has 0 spiro atoms. The van der Waals surface area contributed by atoms with Crippen molar-refractivity contribution in [3.05, 3.63) is 71.4 Å². The van der Waals surface area contributed by atoms with Crippen LogP contribution in [0.2, 0.25) is 0 Å². The third-order valence-electron chi connectivity index (χ3n) is 3.57. The molecule has 0 fully saturated rings. The lowest BCUT2D eigenvalue weighted by atomic mass is 10.1. The van der Waals surface area contributed by atoms with E-state index in [1.54, 1.807) is 0 Å². The molecule has 0 atom stereocenters. The van der Waals surface area contributed by atoms with Crippen LogP contribution < -0.4 is 16.0 Å². The molecule has 3 nitrogen and oxygen atoms in total. The van der Waals surface area contributed by atoms with E-state index in [0.717, 1.165) is 51.5 Å². The van der Waals surface area contributed by atoms with E-state index >= 15 is 0 Å². The van der Waals surface area contributed by atoms with Gasteiger partial charge >= 0.3 is 0 Å². The molecule has 2 aromatic rings. The molecule has 0 aliphatic carbocycles. The Hall–Kier alpha value is -2.20. The molecule has 0 bridgehead atoms. The summed E-state index contributed by atoms with van der Waals surface area (Å²) in [6.07, 6.45) is 0.904. The zero-order valence-electron chi connectivity index (χ0n) is 12.2. The molecule has 4 heteroatoms. The average Bonchev–Trinajstić information content (AvgIpc) is 2.69. The van der Waals surface area contributed by atoms with Gasteiger partial charge in [0.25, 0.3) is 0 Å². The van der Waals surface area contributed by atoms with Gasteiger partial charge in [0.05, 0.1) is 11.4 Å². The minimum Gasteiger partial charge on any atom is -0.382 e. The molecule has 1 aliphatic rings. The number of nitrogens with one attached hydrogen (secondary N) is 3. The Balaban J connectivity index is 1.88. The first-order valence-electron chi connectivity index (χ1n) is 7.17. The Morgan fingerprint density at radius 3 is 2.68 bits per heavy atom. The fourth-order valence-electron chi connectivity index (χ4n) is 2.46. The van der Waals surface area contributed by atoms with E-state index in [4.69, 9.17) is 0 Å². The fraction of sp³-hybridized carbons (Fsp3) is 0.111. The average molecular weight is 356 g/mol. The fourth-order valence-corrected chi connectivity index (χ4v) is 2.73. The van der Waals surface area contributed by atoms with Gasteiger partial charge in [0, 0.05) is 40.1 Å². The Bertz CT molecular complexity index is 720. The van der Waals surface area contributed by atoms with Crippen molar-refractivity contribution in [3.63, 3.8) is 0 Å². The molecule has 0 aromatic heterocycles. The van der Waals surface area contributed by atoms with Crippen LogP contribution in [0, 0.1) is 0 Å². The van der Waals surface area contributed by atoms with Crippen LogP contribution in [0.3, 0.4) is 0 Å². The number of anilines is 3. The van der Waals surface area contributed by atoms with Crippen LogP contribution >= 0.6 is 15.9 Å². The lowest BCUT2D eigenvalue weighted by Crippen LogP contribution is -2.05.